The van der Waals surface area contributed by atoms with Crippen LogP contribution in [0.3, 0.4) is 0 Å². The molecule has 0 spiro atoms. The lowest BCUT2D eigenvalue weighted by molar-refractivity contribution is -0.133. The van der Waals surface area contributed by atoms with Crippen molar-refractivity contribution >= 4 is 11.8 Å². The smallest absolute Gasteiger partial charge is 0.227 e. The molecule has 5 nitrogen and oxygen atoms in total. The van der Waals surface area contributed by atoms with Crippen molar-refractivity contribution in [3.63, 3.8) is 0 Å². The van der Waals surface area contributed by atoms with Crippen LogP contribution in [0.25, 0.3) is 0 Å². The Bertz CT molecular complexity index is 366. The van der Waals surface area contributed by atoms with Gasteiger partial charge in [0.15, 0.2) is 0 Å². The minimum Gasteiger partial charge on any atom is -0.355 e. The summed E-state index contributed by atoms with van der Waals surface area (Å²) in [5, 5.41) is 2.90. The second-order valence-electron chi connectivity index (χ2n) is 6.36. The van der Waals surface area contributed by atoms with Crippen LogP contribution >= 0.6 is 0 Å². The highest BCUT2D eigenvalue weighted by molar-refractivity contribution is 5.84. The minimum atomic E-state index is -0.450. The van der Waals surface area contributed by atoms with Gasteiger partial charge in [0.1, 0.15) is 0 Å². The lowest BCUT2D eigenvalue weighted by atomic mass is 9.84. The second kappa shape index (κ2) is 6.57. The molecule has 0 aromatic rings. The van der Waals surface area contributed by atoms with Crippen LogP contribution in [0.15, 0.2) is 0 Å². The van der Waals surface area contributed by atoms with E-state index < -0.39 is 5.41 Å². The van der Waals surface area contributed by atoms with Crippen LogP contribution in [0.5, 0.6) is 0 Å². The Labute approximate surface area is 121 Å². The Morgan fingerprint density at radius 1 is 1.25 bits per heavy atom. The third-order valence-corrected chi connectivity index (χ3v) is 4.88. The van der Waals surface area contributed by atoms with Crippen LogP contribution < -0.4 is 11.1 Å². The van der Waals surface area contributed by atoms with Crippen molar-refractivity contribution in [2.75, 3.05) is 19.6 Å². The van der Waals surface area contributed by atoms with Crippen molar-refractivity contribution in [2.45, 2.75) is 57.9 Å². The lowest BCUT2D eigenvalue weighted by Gasteiger charge is -2.29. The maximum Gasteiger partial charge on any atom is 0.227 e. The van der Waals surface area contributed by atoms with Gasteiger partial charge in [-0.05, 0) is 39.0 Å². The van der Waals surface area contributed by atoms with Crippen molar-refractivity contribution in [3.05, 3.63) is 0 Å². The molecule has 2 rings (SSSR count). The molecular weight excluding hydrogens is 254 g/mol. The van der Waals surface area contributed by atoms with Gasteiger partial charge in [-0.3, -0.25) is 9.59 Å². The van der Waals surface area contributed by atoms with Crippen LogP contribution in [0, 0.1) is 5.41 Å². The van der Waals surface area contributed by atoms with Gasteiger partial charge >= 0.3 is 0 Å². The summed E-state index contributed by atoms with van der Waals surface area (Å²) in [6.07, 6.45) is 6.60. The van der Waals surface area contributed by atoms with E-state index in [0.29, 0.717) is 13.0 Å². The first-order chi connectivity index (χ1) is 9.54. The average Bonchev–Trinajstić information content (AvgIpc) is 2.80. The van der Waals surface area contributed by atoms with Crippen molar-refractivity contribution in [3.8, 4) is 0 Å². The molecule has 1 saturated heterocycles. The van der Waals surface area contributed by atoms with E-state index in [4.69, 9.17) is 5.73 Å². The number of nitrogens with two attached hydrogens (primary N) is 1. The van der Waals surface area contributed by atoms with Gasteiger partial charge in [0.2, 0.25) is 11.8 Å². The van der Waals surface area contributed by atoms with Gasteiger partial charge in [0.25, 0.3) is 0 Å². The fraction of sp³-hybridized carbons (Fsp3) is 0.867. The molecule has 5 heteroatoms. The monoisotopic (exact) mass is 281 g/mol. The highest BCUT2D eigenvalue weighted by Gasteiger charge is 2.42. The molecule has 1 aliphatic carbocycles. The average molecular weight is 281 g/mol. The van der Waals surface area contributed by atoms with Crippen LogP contribution in [0.1, 0.15) is 51.9 Å². The molecule has 114 valence electrons. The van der Waals surface area contributed by atoms with Crippen molar-refractivity contribution in [2.24, 2.45) is 11.1 Å². The number of hydrogen-bond donors (Lipinski definition) is 2. The highest BCUT2D eigenvalue weighted by atomic mass is 16.2. The summed E-state index contributed by atoms with van der Waals surface area (Å²) in [4.78, 5) is 26.1. The summed E-state index contributed by atoms with van der Waals surface area (Å²) >= 11 is 0. The van der Waals surface area contributed by atoms with Gasteiger partial charge in [0.05, 0.1) is 5.41 Å². The minimum absolute atomic E-state index is 0.00828. The fourth-order valence-electron chi connectivity index (χ4n) is 3.26. The second-order valence-corrected chi connectivity index (χ2v) is 6.36. The molecule has 0 aromatic carbocycles. The molecule has 2 amide bonds. The Morgan fingerprint density at radius 3 is 2.55 bits per heavy atom. The highest BCUT2D eigenvalue weighted by Crippen LogP contribution is 2.36. The number of carbonyl (C=O) groups excluding carboxylic acids is 2. The largest absolute Gasteiger partial charge is 0.355 e. The lowest BCUT2D eigenvalue weighted by Crippen LogP contribution is -2.48. The van der Waals surface area contributed by atoms with E-state index in [-0.39, 0.29) is 17.9 Å². The van der Waals surface area contributed by atoms with Crippen LogP contribution in [0.2, 0.25) is 0 Å². The summed E-state index contributed by atoms with van der Waals surface area (Å²) in [6.45, 7) is 4.10. The molecule has 3 N–H and O–H groups in total. The van der Waals surface area contributed by atoms with Gasteiger partial charge in [0, 0.05) is 32.1 Å². The number of amides is 2. The van der Waals surface area contributed by atoms with Gasteiger partial charge in [-0.2, -0.15) is 0 Å². The third kappa shape index (κ3) is 3.32. The Morgan fingerprint density at radius 2 is 1.95 bits per heavy atom. The van der Waals surface area contributed by atoms with Crippen molar-refractivity contribution < 1.29 is 9.59 Å². The number of nitrogens with one attached hydrogen (secondary N) is 1. The van der Waals surface area contributed by atoms with E-state index in [1.54, 1.807) is 0 Å². The number of piperidine rings is 1. The zero-order chi connectivity index (χ0) is 14.6. The summed E-state index contributed by atoms with van der Waals surface area (Å²) in [5.74, 6) is 0.166. The molecular formula is C15H27N3O2. The molecule has 1 heterocycles. The number of nitrogens with zero attached hydrogens (tertiary/aromatic N) is 1. The number of carbonyl (C=O) groups is 2. The van der Waals surface area contributed by atoms with Crippen LogP contribution in [-0.4, -0.2) is 42.4 Å². The molecule has 0 bridgehead atoms. The molecule has 2 unspecified atom stereocenters. The van der Waals surface area contributed by atoms with E-state index in [1.807, 2.05) is 11.8 Å². The van der Waals surface area contributed by atoms with Gasteiger partial charge in [-0.1, -0.05) is 6.42 Å². The first-order valence-electron chi connectivity index (χ1n) is 7.86. The molecule has 20 heavy (non-hydrogen) atoms. The van der Waals surface area contributed by atoms with Crippen molar-refractivity contribution in [1.82, 2.24) is 10.2 Å². The molecule has 1 aliphatic heterocycles. The van der Waals surface area contributed by atoms with Crippen LogP contribution in [-0.2, 0) is 9.59 Å². The van der Waals surface area contributed by atoms with E-state index in [1.165, 1.54) is 6.42 Å². The molecule has 0 radical (unpaired) electrons. The SMILES string of the molecule is CC1(C(=O)NCCC(=O)N2CCCCC2)CCCC1N. The normalized spacial score (nSPS) is 30.3. The maximum absolute atomic E-state index is 12.2. The summed E-state index contributed by atoms with van der Waals surface area (Å²) < 4.78 is 0. The first kappa shape index (κ1) is 15.3. The molecule has 1 saturated carbocycles. The Kier molecular flexibility index (Phi) is 5.02. The fourth-order valence-corrected chi connectivity index (χ4v) is 3.26. The van der Waals surface area contributed by atoms with Gasteiger partial charge < -0.3 is 16.0 Å². The first-order valence-corrected chi connectivity index (χ1v) is 7.86. The molecule has 2 atom stereocenters. The standard InChI is InChI=1S/C15H27N3O2/c1-15(8-5-6-12(15)16)14(20)17-9-7-13(19)18-10-3-2-4-11-18/h12H,2-11,16H2,1H3,(H,17,20). The topological polar surface area (TPSA) is 75.4 Å². The Balaban J connectivity index is 1.72. The van der Waals surface area contributed by atoms with Gasteiger partial charge in [-0.15, -0.1) is 0 Å². The Hall–Kier alpha value is -1.10. The van der Waals surface area contributed by atoms with Crippen molar-refractivity contribution in [1.29, 1.82) is 0 Å². The predicted molar refractivity (Wildman–Crippen MR) is 78.0 cm³/mol. The van der Waals surface area contributed by atoms with Gasteiger partial charge in [-0.25, -0.2) is 0 Å². The predicted octanol–water partition coefficient (Wildman–Crippen LogP) is 1.02. The van der Waals surface area contributed by atoms with E-state index in [0.717, 1.165) is 45.2 Å². The molecule has 2 aliphatic rings. The van der Waals surface area contributed by atoms with E-state index in [9.17, 15) is 9.59 Å². The number of hydrogen-bond acceptors (Lipinski definition) is 3. The summed E-state index contributed by atoms with van der Waals surface area (Å²) in [6, 6.07) is -0.0553. The quantitative estimate of drug-likeness (QED) is 0.808. The number of likely N-dealkylation sites (tertiary alicyclic amines) is 1. The zero-order valence-electron chi connectivity index (χ0n) is 12.5. The zero-order valence-corrected chi connectivity index (χ0v) is 12.5. The van der Waals surface area contributed by atoms with Crippen LogP contribution in [0.4, 0.5) is 0 Å². The molecule has 2 fully saturated rings. The third-order valence-electron chi connectivity index (χ3n) is 4.88. The summed E-state index contributed by atoms with van der Waals surface area (Å²) in [5.41, 5.74) is 5.58. The van der Waals surface area contributed by atoms with E-state index >= 15 is 0 Å². The number of rotatable bonds is 4. The van der Waals surface area contributed by atoms with E-state index in [2.05, 4.69) is 5.32 Å². The maximum atomic E-state index is 12.2. The summed E-state index contributed by atoms with van der Waals surface area (Å²) in [7, 11) is 0. The molecule has 0 aromatic heterocycles.